The third kappa shape index (κ3) is 4.57. The predicted octanol–water partition coefficient (Wildman–Crippen LogP) is 3.60. The highest BCUT2D eigenvalue weighted by molar-refractivity contribution is 9.10. The fraction of sp³-hybridized carbons (Fsp3) is 0.562. The molecular formula is C16H21BrFNO4. The molecule has 0 saturated carbocycles. The summed E-state index contributed by atoms with van der Waals surface area (Å²) in [6.45, 7) is 6.03. The maximum Gasteiger partial charge on any atom is 0.410 e. The van der Waals surface area contributed by atoms with Gasteiger partial charge in [0.05, 0.1) is 17.6 Å². The summed E-state index contributed by atoms with van der Waals surface area (Å²) in [6, 6.07) is 4.82. The Kier molecular flexibility index (Phi) is 5.52. The second kappa shape index (κ2) is 7.05. The molecule has 5 nitrogen and oxygen atoms in total. The topological polar surface area (TPSA) is 48.0 Å². The lowest BCUT2D eigenvalue weighted by Crippen LogP contribution is -2.36. The lowest BCUT2D eigenvalue weighted by molar-refractivity contribution is 0.0239. The maximum absolute atomic E-state index is 14.0. The molecular weight excluding hydrogens is 369 g/mol. The molecule has 23 heavy (non-hydrogen) atoms. The molecule has 128 valence electrons. The molecule has 0 bridgehead atoms. The van der Waals surface area contributed by atoms with Gasteiger partial charge in [-0.1, -0.05) is 6.07 Å². The molecule has 0 N–H and O–H groups in total. The van der Waals surface area contributed by atoms with Gasteiger partial charge in [-0.3, -0.25) is 0 Å². The number of amides is 1. The number of nitrogens with zero attached hydrogens (tertiary/aromatic N) is 1. The van der Waals surface area contributed by atoms with E-state index in [1.165, 1.54) is 12.0 Å². The molecule has 1 aromatic rings. The van der Waals surface area contributed by atoms with Crippen molar-refractivity contribution in [3.63, 3.8) is 0 Å². The highest BCUT2D eigenvalue weighted by Crippen LogP contribution is 2.28. The zero-order chi connectivity index (χ0) is 17.2. The lowest BCUT2D eigenvalue weighted by Gasteiger charge is -2.24. The van der Waals surface area contributed by atoms with E-state index in [9.17, 15) is 9.18 Å². The number of hydrogen-bond acceptors (Lipinski definition) is 4. The smallest absolute Gasteiger partial charge is 0.410 e. The van der Waals surface area contributed by atoms with Crippen LogP contribution in [0.4, 0.5) is 9.18 Å². The number of ether oxygens (including phenoxy) is 3. The Labute approximate surface area is 143 Å². The molecule has 7 heteroatoms. The molecule has 0 spiro atoms. The van der Waals surface area contributed by atoms with Crippen molar-refractivity contribution in [2.45, 2.75) is 38.6 Å². The molecule has 1 fully saturated rings. The predicted molar refractivity (Wildman–Crippen MR) is 87.1 cm³/mol. The first-order valence-electron chi connectivity index (χ1n) is 7.32. The van der Waals surface area contributed by atoms with Crippen molar-refractivity contribution in [2.24, 2.45) is 0 Å². The van der Waals surface area contributed by atoms with Gasteiger partial charge in [0.2, 0.25) is 0 Å². The van der Waals surface area contributed by atoms with Crippen LogP contribution in [0.2, 0.25) is 0 Å². The molecule has 1 aliphatic rings. The first kappa shape index (κ1) is 18.0. The second-order valence-corrected chi connectivity index (χ2v) is 7.22. The number of carbonyl (C=O) groups is 1. The molecule has 1 aromatic carbocycles. The van der Waals surface area contributed by atoms with Gasteiger partial charge >= 0.3 is 6.09 Å². The van der Waals surface area contributed by atoms with Crippen LogP contribution in [0.1, 0.15) is 20.8 Å². The third-order valence-corrected chi connectivity index (χ3v) is 3.98. The van der Waals surface area contributed by atoms with Crippen molar-refractivity contribution in [3.05, 3.63) is 28.5 Å². The third-order valence-electron chi connectivity index (χ3n) is 3.36. The monoisotopic (exact) mass is 389 g/mol. The van der Waals surface area contributed by atoms with Gasteiger partial charge in [0.15, 0.2) is 11.6 Å². The van der Waals surface area contributed by atoms with Crippen LogP contribution in [0.3, 0.4) is 0 Å². The van der Waals surface area contributed by atoms with E-state index in [4.69, 9.17) is 14.2 Å². The number of hydrogen-bond donors (Lipinski definition) is 0. The van der Waals surface area contributed by atoms with E-state index >= 15 is 0 Å². The first-order valence-corrected chi connectivity index (χ1v) is 8.12. The van der Waals surface area contributed by atoms with Gasteiger partial charge in [-0.05, 0) is 48.8 Å². The second-order valence-electron chi connectivity index (χ2n) is 6.37. The normalized spacial score (nSPS) is 21.4. The number of rotatable bonds is 3. The van der Waals surface area contributed by atoms with E-state index in [0.717, 1.165) is 0 Å². The summed E-state index contributed by atoms with van der Waals surface area (Å²) < 4.78 is 30.8. The Morgan fingerprint density at radius 1 is 1.30 bits per heavy atom. The molecule has 1 amide bonds. The summed E-state index contributed by atoms with van der Waals surface area (Å²) in [4.78, 5) is 13.7. The summed E-state index contributed by atoms with van der Waals surface area (Å²) >= 11 is 3.12. The maximum atomic E-state index is 14.0. The van der Waals surface area contributed by atoms with E-state index in [-0.39, 0.29) is 18.4 Å². The average molecular weight is 390 g/mol. The van der Waals surface area contributed by atoms with Crippen LogP contribution >= 0.6 is 15.9 Å². The average Bonchev–Trinajstić information content (AvgIpc) is 2.85. The molecule has 0 unspecified atom stereocenters. The number of likely N-dealkylation sites (tertiary alicyclic amines) is 1. The van der Waals surface area contributed by atoms with Crippen LogP contribution in [-0.4, -0.2) is 49.0 Å². The van der Waals surface area contributed by atoms with Crippen LogP contribution < -0.4 is 4.74 Å². The fourth-order valence-corrected chi connectivity index (χ4v) is 2.65. The van der Waals surface area contributed by atoms with E-state index < -0.39 is 23.6 Å². The number of carbonyl (C=O) groups excluding carboxylic acids is 1. The Hall–Kier alpha value is -1.34. The van der Waals surface area contributed by atoms with Crippen molar-refractivity contribution < 1.29 is 23.4 Å². The zero-order valence-corrected chi connectivity index (χ0v) is 15.2. The van der Waals surface area contributed by atoms with Gasteiger partial charge in [0.1, 0.15) is 17.8 Å². The van der Waals surface area contributed by atoms with Crippen LogP contribution in [0, 0.1) is 5.82 Å². The van der Waals surface area contributed by atoms with E-state index in [0.29, 0.717) is 11.0 Å². The number of benzene rings is 1. The summed E-state index contributed by atoms with van der Waals surface area (Å²) in [6.07, 6.45) is -1.24. The molecule has 2 atom stereocenters. The van der Waals surface area contributed by atoms with Crippen LogP contribution in [0.25, 0.3) is 0 Å². The fourth-order valence-electron chi connectivity index (χ4n) is 2.30. The number of halogens is 2. The van der Waals surface area contributed by atoms with Crippen molar-refractivity contribution in [1.29, 1.82) is 0 Å². The molecule has 1 aliphatic heterocycles. The van der Waals surface area contributed by atoms with E-state index in [2.05, 4.69) is 15.9 Å². The summed E-state index contributed by atoms with van der Waals surface area (Å²) in [5, 5.41) is 0. The zero-order valence-electron chi connectivity index (χ0n) is 13.6. The summed E-state index contributed by atoms with van der Waals surface area (Å²) in [5.74, 6) is -0.351. The minimum Gasteiger partial charge on any atom is -0.483 e. The van der Waals surface area contributed by atoms with Crippen molar-refractivity contribution in [3.8, 4) is 5.75 Å². The van der Waals surface area contributed by atoms with Gasteiger partial charge in [-0.25, -0.2) is 9.18 Å². The largest absolute Gasteiger partial charge is 0.483 e. The number of methoxy groups -OCH3 is 1. The highest BCUT2D eigenvalue weighted by Gasteiger charge is 2.39. The van der Waals surface area contributed by atoms with Crippen molar-refractivity contribution >= 4 is 22.0 Å². The van der Waals surface area contributed by atoms with Crippen molar-refractivity contribution in [1.82, 2.24) is 4.90 Å². The first-order chi connectivity index (χ1) is 10.7. The highest BCUT2D eigenvalue weighted by atomic mass is 79.9. The van der Waals surface area contributed by atoms with Crippen LogP contribution in [0.15, 0.2) is 22.7 Å². The quantitative estimate of drug-likeness (QED) is 0.792. The van der Waals surface area contributed by atoms with Crippen LogP contribution in [0.5, 0.6) is 5.75 Å². The van der Waals surface area contributed by atoms with Crippen molar-refractivity contribution in [2.75, 3.05) is 20.2 Å². The Balaban J connectivity index is 2.07. The van der Waals surface area contributed by atoms with Crippen LogP contribution in [-0.2, 0) is 9.47 Å². The van der Waals surface area contributed by atoms with E-state index in [1.807, 2.05) is 0 Å². The van der Waals surface area contributed by atoms with E-state index in [1.54, 1.807) is 39.0 Å². The molecule has 2 rings (SSSR count). The van der Waals surface area contributed by atoms with Gasteiger partial charge < -0.3 is 19.1 Å². The molecule has 0 aromatic heterocycles. The molecule has 0 radical (unpaired) electrons. The SMILES string of the molecule is CO[C@H]1CN(C(=O)OC(C)(C)C)C[C@@H]1Oc1cccc(Br)c1F. The van der Waals surface area contributed by atoms with Gasteiger partial charge in [-0.15, -0.1) is 0 Å². The van der Waals surface area contributed by atoms with Gasteiger partial charge in [0, 0.05) is 7.11 Å². The Bertz CT molecular complexity index is 576. The van der Waals surface area contributed by atoms with Gasteiger partial charge in [-0.2, -0.15) is 0 Å². The lowest BCUT2D eigenvalue weighted by atomic mass is 10.2. The summed E-state index contributed by atoms with van der Waals surface area (Å²) in [5.41, 5.74) is -0.574. The Morgan fingerprint density at radius 2 is 1.96 bits per heavy atom. The molecule has 1 saturated heterocycles. The minimum absolute atomic E-state index is 0.123. The molecule has 0 aliphatic carbocycles. The van der Waals surface area contributed by atoms with Gasteiger partial charge in [0.25, 0.3) is 0 Å². The minimum atomic E-state index is -0.574. The standard InChI is InChI=1S/C16H21BrFNO4/c1-16(2,3)23-15(20)19-8-12(21-4)13(9-19)22-11-7-5-6-10(17)14(11)18/h5-7,12-13H,8-9H2,1-4H3/t12-,13-/m0/s1. The Morgan fingerprint density at radius 3 is 2.57 bits per heavy atom. The molecule has 1 heterocycles. The summed E-state index contributed by atoms with van der Waals surface area (Å²) in [7, 11) is 1.54.